The minimum Gasteiger partial charge on any atom is -0.201 e. The van der Waals surface area contributed by atoms with E-state index in [0.29, 0.717) is 51.3 Å². The van der Waals surface area contributed by atoms with Crippen molar-refractivity contribution in [3.05, 3.63) is 265 Å². The first kappa shape index (κ1) is 63.3. The number of benzene rings is 5. The quantitative estimate of drug-likeness (QED) is 0.0810. The van der Waals surface area contributed by atoms with Crippen LogP contribution in [0.2, 0.25) is 0 Å². The summed E-state index contributed by atoms with van der Waals surface area (Å²) in [7, 11) is 9.98. The Morgan fingerprint density at radius 1 is 0.291 bits per heavy atom. The minimum absolute atomic E-state index is 0.0291. The lowest BCUT2D eigenvalue weighted by Crippen LogP contribution is -2.33. The molecule has 103 heavy (non-hydrogen) atoms. The zero-order valence-corrected chi connectivity index (χ0v) is 68.0. The highest BCUT2D eigenvalue weighted by Gasteiger charge is 2.24. The molecule has 10 aromatic rings. The van der Waals surface area contributed by atoms with Crippen LogP contribution in [0.1, 0.15) is 219 Å². The second kappa shape index (κ2) is 38.0. The molecule has 5 nitrogen and oxygen atoms in total. The Hall–Kier alpha value is -8.15. The van der Waals surface area contributed by atoms with Gasteiger partial charge in [-0.25, -0.2) is 22.8 Å². The molecule has 0 aliphatic carbocycles. The van der Waals surface area contributed by atoms with Crippen molar-refractivity contribution >= 4 is 0 Å². The van der Waals surface area contributed by atoms with Crippen molar-refractivity contribution in [3.8, 4) is 56.3 Å². The molecule has 0 unspecified atom stereocenters. The van der Waals surface area contributed by atoms with Gasteiger partial charge >= 0.3 is 0 Å². The Kier molecular flexibility index (Phi) is 23.4. The van der Waals surface area contributed by atoms with Gasteiger partial charge in [-0.1, -0.05) is 193 Å². The molecule has 0 radical (unpaired) electrons. The fourth-order valence-electron chi connectivity index (χ4n) is 13.2. The summed E-state index contributed by atoms with van der Waals surface area (Å²) in [5.41, 5.74) is 26.3. The van der Waals surface area contributed by atoms with E-state index in [0.717, 1.165) is 52.9 Å². The van der Waals surface area contributed by atoms with Gasteiger partial charge < -0.3 is 0 Å². The number of aromatic nitrogens is 5. The van der Waals surface area contributed by atoms with Gasteiger partial charge in [0.1, 0.15) is 35.2 Å². The number of hydrogen-bond donors (Lipinski definition) is 0. The van der Waals surface area contributed by atoms with Crippen LogP contribution in [0.4, 0.5) is 0 Å². The predicted octanol–water partition coefficient (Wildman–Crippen LogP) is 22.5. The van der Waals surface area contributed by atoms with E-state index in [1.54, 1.807) is 62.8 Å². The van der Waals surface area contributed by atoms with Crippen LogP contribution in [0, 0.1) is 105 Å². The third-order valence-electron chi connectivity index (χ3n) is 18.3. The molecule has 5 heteroatoms. The first-order valence-electron chi connectivity index (χ1n) is 44.8. The summed E-state index contributed by atoms with van der Waals surface area (Å²) in [6, 6.07) is 45.9. The van der Waals surface area contributed by atoms with Crippen molar-refractivity contribution in [2.45, 2.75) is 217 Å². The van der Waals surface area contributed by atoms with Crippen LogP contribution >= 0.6 is 0 Å². The van der Waals surface area contributed by atoms with Crippen molar-refractivity contribution in [3.63, 3.8) is 0 Å². The van der Waals surface area contributed by atoms with Crippen molar-refractivity contribution in [2.24, 2.45) is 70.7 Å². The van der Waals surface area contributed by atoms with Gasteiger partial charge in [0.15, 0.2) is 31.0 Å². The Morgan fingerprint density at radius 2 is 0.641 bits per heavy atom. The molecule has 0 atom stereocenters. The highest BCUT2D eigenvalue weighted by Crippen LogP contribution is 2.31. The van der Waals surface area contributed by atoms with E-state index in [-0.39, 0.29) is 33.9 Å². The maximum atomic E-state index is 8.66. The third-order valence-corrected chi connectivity index (χ3v) is 18.3. The van der Waals surface area contributed by atoms with Crippen molar-refractivity contribution in [2.75, 3.05) is 0 Å². The molecular formula is C98H136N5+5. The molecule has 5 heterocycles. The number of hydrogen-bond acceptors (Lipinski definition) is 0. The molecule has 0 aliphatic rings. The van der Waals surface area contributed by atoms with E-state index in [1.165, 1.54) is 85.4 Å². The molecule has 0 spiro atoms. The minimum atomic E-state index is -2.48. The number of rotatable bonds is 17. The lowest BCUT2D eigenvalue weighted by Gasteiger charge is -2.17. The molecule has 5 aromatic carbocycles. The van der Waals surface area contributed by atoms with Gasteiger partial charge in [-0.05, 0) is 235 Å². The Morgan fingerprint density at radius 3 is 1.07 bits per heavy atom. The molecule has 5 aromatic heterocycles. The molecule has 0 fully saturated rings. The fraction of sp³-hybridized carbons (Fsp3) is 0.439. The van der Waals surface area contributed by atoms with E-state index in [2.05, 4.69) is 203 Å². The number of pyridine rings is 5. The maximum absolute atomic E-state index is 8.66. The Balaban J connectivity index is 0.000000230. The average Bonchev–Trinajstić information content (AvgIpc) is 0.757. The molecule has 0 aliphatic heterocycles. The van der Waals surface area contributed by atoms with E-state index in [4.69, 9.17) is 20.6 Å². The zero-order valence-electron chi connectivity index (χ0n) is 83.0. The molecule has 0 saturated heterocycles. The molecule has 548 valence electrons. The molecular weight excluding hydrogens is 1250 g/mol. The topological polar surface area (TPSA) is 19.4 Å². The zero-order chi connectivity index (χ0) is 89.4. The van der Waals surface area contributed by atoms with Crippen molar-refractivity contribution in [1.29, 1.82) is 0 Å². The van der Waals surface area contributed by atoms with Crippen LogP contribution < -0.4 is 22.8 Å². The summed E-state index contributed by atoms with van der Waals surface area (Å²) in [4.78, 5) is 0. The maximum Gasteiger partial charge on any atom is 0.212 e. The van der Waals surface area contributed by atoms with Crippen LogP contribution in [-0.4, -0.2) is 0 Å². The molecule has 0 saturated carbocycles. The van der Waals surface area contributed by atoms with Crippen molar-refractivity contribution in [1.82, 2.24) is 0 Å². The summed E-state index contributed by atoms with van der Waals surface area (Å²) in [6.07, 6.45) is 8.52. The lowest BCUT2D eigenvalue weighted by molar-refractivity contribution is -0.661. The van der Waals surface area contributed by atoms with Gasteiger partial charge in [0.2, 0.25) is 28.5 Å². The Labute approximate surface area is 649 Å². The second-order valence-electron chi connectivity index (χ2n) is 31.9. The Bertz CT molecular complexity index is 5050. The SMILES string of the molecule is Cc1ccc(-c2cc(C)c(CC(C)C)c[n+]2C)c(C)c1.Cc1ccccc1-c1cc(CC(C)C)c(CC(C)C)c[n+]1C.[2H]C([2H])([2H])c1ccc(-c2cc(C([2H])([2H])[2H])c(C([2H])([2H])C(C)C)c[n+]2C)c(C)c1.[2H]C([2H])([2H])c1ccc(-c2ccc(C(C)(C)C)c[n+]2C)c(C)c1.[2H]C([2H])(c1cc(-c2ccccc2C)[n+](C)cc1C([2H])([2H])C(C)C)C(C)C. The van der Waals surface area contributed by atoms with Crippen LogP contribution in [0.5, 0.6) is 0 Å². The first-order valence-corrected chi connectivity index (χ1v) is 37.3. The van der Waals surface area contributed by atoms with Gasteiger partial charge in [-0.3, -0.25) is 0 Å². The van der Waals surface area contributed by atoms with Crippen LogP contribution in [0.3, 0.4) is 0 Å². The largest absolute Gasteiger partial charge is 0.212 e. The van der Waals surface area contributed by atoms with E-state index in [1.807, 2.05) is 96.6 Å². The van der Waals surface area contributed by atoms with Crippen molar-refractivity contribution < 1.29 is 43.4 Å². The summed E-state index contributed by atoms with van der Waals surface area (Å²) in [5.74, 6) is 1.15. The van der Waals surface area contributed by atoms with Crippen LogP contribution in [-0.2, 0) is 79.0 Å². The fourth-order valence-corrected chi connectivity index (χ4v) is 13.2. The van der Waals surface area contributed by atoms with E-state index in [9.17, 15) is 0 Å². The molecule has 0 amide bonds. The molecule has 0 bridgehead atoms. The number of nitrogens with zero attached hydrogens (tertiary/aromatic N) is 5. The van der Waals surface area contributed by atoms with Gasteiger partial charge in [0.05, 0.1) is 0 Å². The highest BCUT2D eigenvalue weighted by molar-refractivity contribution is 5.66. The summed E-state index contributed by atoms with van der Waals surface area (Å²) in [5, 5.41) is 0. The predicted molar refractivity (Wildman–Crippen MR) is 443 cm³/mol. The van der Waals surface area contributed by atoms with Crippen LogP contribution in [0.25, 0.3) is 56.3 Å². The second-order valence-corrected chi connectivity index (χ2v) is 31.9. The normalized spacial score (nSPS) is 14.3. The monoisotopic (exact) mass is 1400 g/mol. The molecule has 0 N–H and O–H groups in total. The number of aryl methyl sites for hydroxylation is 15. The lowest BCUT2D eigenvalue weighted by atomic mass is 9.88. The van der Waals surface area contributed by atoms with Crippen LogP contribution in [0.15, 0.2) is 171 Å². The average molecular weight is 1400 g/mol. The van der Waals surface area contributed by atoms with E-state index >= 15 is 0 Å². The first-order chi connectivity index (χ1) is 54.2. The summed E-state index contributed by atoms with van der Waals surface area (Å²) < 4.78 is 130. The summed E-state index contributed by atoms with van der Waals surface area (Å²) >= 11 is 0. The smallest absolute Gasteiger partial charge is 0.201 e. The third kappa shape index (κ3) is 24.5. The standard InChI is InChI=1S/2C21H30N.2C19H26N.C18H24N/c2*1-15(2)11-18-13-21(20-10-8-7-9-17(20)5)22(6)14-19(18)12-16(3)4;2*1-13(2)9-17-12-20(6)19(11-15(17)4)18-8-7-14(3)10-16(18)5;1-13-7-9-16(14(2)11-13)17-10-8-15(12-19(17)6)18(3,4)5/h2*7-10,13-16H,11-12H2,1-6H3;2*7-8,10-13H,9H2,1-6H3;7-12H,1-6H3/q5*+1/i11D2,12D2;;3D3,4D3,9D2;;1D3. The van der Waals surface area contributed by atoms with Gasteiger partial charge in [0, 0.05) is 107 Å². The van der Waals surface area contributed by atoms with E-state index < -0.39 is 45.6 Å². The van der Waals surface area contributed by atoms with Gasteiger partial charge in [-0.2, -0.15) is 0 Å². The highest BCUT2D eigenvalue weighted by atomic mass is 14.9. The molecule has 10 rings (SSSR count). The van der Waals surface area contributed by atoms with Gasteiger partial charge in [0.25, 0.3) is 0 Å². The van der Waals surface area contributed by atoms with Gasteiger partial charge in [-0.15, -0.1) is 0 Å². The summed E-state index contributed by atoms with van der Waals surface area (Å²) in [6.45, 7) is 38.9.